The zero-order valence-corrected chi connectivity index (χ0v) is 11.0. The molecule has 0 aromatic rings. The number of hydrogen-bond acceptors (Lipinski definition) is 2. The Bertz CT molecular complexity index is 207. The second-order valence-electron chi connectivity index (χ2n) is 6.38. The lowest BCUT2D eigenvalue weighted by Crippen LogP contribution is -2.34. The summed E-state index contributed by atoms with van der Waals surface area (Å²) >= 11 is 0. The van der Waals surface area contributed by atoms with Crippen LogP contribution in [0.4, 0.5) is 0 Å². The first-order chi connectivity index (χ1) is 7.68. The van der Waals surface area contributed by atoms with Gasteiger partial charge in [0.25, 0.3) is 0 Å². The fourth-order valence-corrected chi connectivity index (χ4v) is 2.84. The first-order valence-electron chi connectivity index (χ1n) is 7.12. The SMILES string of the molecule is CC1(C)CC1CNCCCC1CCCCN1. The van der Waals surface area contributed by atoms with Gasteiger partial charge in [-0.2, -0.15) is 0 Å². The van der Waals surface area contributed by atoms with Crippen LogP contribution in [-0.2, 0) is 0 Å². The van der Waals surface area contributed by atoms with E-state index >= 15 is 0 Å². The van der Waals surface area contributed by atoms with Crippen LogP contribution in [0.3, 0.4) is 0 Å². The Labute approximate surface area is 101 Å². The maximum atomic E-state index is 3.62. The van der Waals surface area contributed by atoms with Crippen LogP contribution in [0.25, 0.3) is 0 Å². The third-order valence-corrected chi connectivity index (χ3v) is 4.43. The van der Waals surface area contributed by atoms with E-state index in [4.69, 9.17) is 0 Å². The smallest absolute Gasteiger partial charge is 0.00675 e. The molecule has 2 heteroatoms. The van der Waals surface area contributed by atoms with Gasteiger partial charge in [0.15, 0.2) is 0 Å². The highest BCUT2D eigenvalue weighted by Gasteiger charge is 2.44. The zero-order chi connectivity index (χ0) is 11.4. The monoisotopic (exact) mass is 224 g/mol. The Balaban J connectivity index is 1.43. The van der Waals surface area contributed by atoms with Crippen molar-refractivity contribution in [1.82, 2.24) is 10.6 Å². The maximum Gasteiger partial charge on any atom is 0.00675 e. The summed E-state index contributed by atoms with van der Waals surface area (Å²) in [4.78, 5) is 0. The summed E-state index contributed by atoms with van der Waals surface area (Å²) in [5.74, 6) is 0.945. The molecule has 0 radical (unpaired) electrons. The lowest BCUT2D eigenvalue weighted by atomic mass is 10.0. The van der Waals surface area contributed by atoms with Crippen LogP contribution in [0.5, 0.6) is 0 Å². The van der Waals surface area contributed by atoms with Gasteiger partial charge in [0.2, 0.25) is 0 Å². The van der Waals surface area contributed by atoms with Gasteiger partial charge < -0.3 is 10.6 Å². The van der Waals surface area contributed by atoms with E-state index in [1.54, 1.807) is 0 Å². The van der Waals surface area contributed by atoms with Crippen molar-refractivity contribution >= 4 is 0 Å². The minimum Gasteiger partial charge on any atom is -0.316 e. The summed E-state index contributed by atoms with van der Waals surface area (Å²) in [6.07, 6.45) is 8.33. The molecule has 2 rings (SSSR count). The zero-order valence-electron chi connectivity index (χ0n) is 11.0. The predicted molar refractivity (Wildman–Crippen MR) is 69.6 cm³/mol. The van der Waals surface area contributed by atoms with E-state index in [2.05, 4.69) is 24.5 Å². The first-order valence-corrected chi connectivity index (χ1v) is 7.12. The van der Waals surface area contributed by atoms with E-state index < -0.39 is 0 Å². The van der Waals surface area contributed by atoms with Gasteiger partial charge in [-0.25, -0.2) is 0 Å². The van der Waals surface area contributed by atoms with Crippen LogP contribution >= 0.6 is 0 Å². The van der Waals surface area contributed by atoms with Crippen molar-refractivity contribution in [2.24, 2.45) is 11.3 Å². The summed E-state index contributed by atoms with van der Waals surface area (Å²) in [6.45, 7) is 8.46. The highest BCUT2D eigenvalue weighted by atomic mass is 14.9. The molecule has 2 fully saturated rings. The quantitative estimate of drug-likeness (QED) is 0.678. The van der Waals surface area contributed by atoms with Crippen LogP contribution < -0.4 is 10.6 Å². The molecule has 94 valence electrons. The lowest BCUT2D eigenvalue weighted by Gasteiger charge is -2.23. The maximum absolute atomic E-state index is 3.62. The molecule has 0 bridgehead atoms. The van der Waals surface area contributed by atoms with Crippen molar-refractivity contribution in [1.29, 1.82) is 0 Å². The molecule has 1 saturated heterocycles. The molecular weight excluding hydrogens is 196 g/mol. The molecule has 2 N–H and O–H groups in total. The van der Waals surface area contributed by atoms with E-state index in [9.17, 15) is 0 Å². The van der Waals surface area contributed by atoms with E-state index in [-0.39, 0.29) is 0 Å². The Hall–Kier alpha value is -0.0800. The Kier molecular flexibility index (Phi) is 4.26. The van der Waals surface area contributed by atoms with Gasteiger partial charge >= 0.3 is 0 Å². The van der Waals surface area contributed by atoms with Gasteiger partial charge in [-0.15, -0.1) is 0 Å². The summed E-state index contributed by atoms with van der Waals surface area (Å²) < 4.78 is 0. The van der Waals surface area contributed by atoms with E-state index in [1.165, 1.54) is 58.2 Å². The predicted octanol–water partition coefficient (Wildman–Crippen LogP) is 2.54. The second kappa shape index (κ2) is 5.50. The van der Waals surface area contributed by atoms with Gasteiger partial charge in [0.1, 0.15) is 0 Å². The molecule has 0 amide bonds. The van der Waals surface area contributed by atoms with Crippen molar-refractivity contribution in [3.63, 3.8) is 0 Å². The van der Waals surface area contributed by atoms with Crippen LogP contribution in [0.2, 0.25) is 0 Å². The molecule has 16 heavy (non-hydrogen) atoms. The molecule has 2 aliphatic rings. The van der Waals surface area contributed by atoms with Gasteiger partial charge in [-0.3, -0.25) is 0 Å². The van der Waals surface area contributed by atoms with Crippen LogP contribution in [-0.4, -0.2) is 25.7 Å². The van der Waals surface area contributed by atoms with Crippen LogP contribution in [0, 0.1) is 11.3 Å². The average molecular weight is 224 g/mol. The summed E-state index contributed by atoms with van der Waals surface area (Å²) in [6, 6.07) is 0.813. The third-order valence-electron chi connectivity index (χ3n) is 4.43. The number of piperidine rings is 1. The second-order valence-corrected chi connectivity index (χ2v) is 6.38. The normalized spacial score (nSPS) is 32.6. The number of nitrogens with one attached hydrogen (secondary N) is 2. The van der Waals surface area contributed by atoms with Gasteiger partial charge in [-0.1, -0.05) is 20.3 Å². The molecule has 2 nitrogen and oxygen atoms in total. The van der Waals surface area contributed by atoms with Crippen molar-refractivity contribution < 1.29 is 0 Å². The van der Waals surface area contributed by atoms with Crippen molar-refractivity contribution in [3.8, 4) is 0 Å². The average Bonchev–Trinajstić information content (AvgIpc) is 2.87. The Morgan fingerprint density at radius 2 is 2.12 bits per heavy atom. The molecule has 2 atom stereocenters. The third kappa shape index (κ3) is 3.74. The molecule has 2 unspecified atom stereocenters. The molecule has 0 aromatic heterocycles. The summed E-state index contributed by atoms with van der Waals surface area (Å²) in [7, 11) is 0. The Morgan fingerprint density at radius 3 is 2.75 bits per heavy atom. The van der Waals surface area contributed by atoms with Gasteiger partial charge in [0.05, 0.1) is 0 Å². The number of rotatable bonds is 6. The van der Waals surface area contributed by atoms with E-state index in [1.807, 2.05) is 0 Å². The molecule has 1 saturated carbocycles. The molecule has 0 aromatic carbocycles. The summed E-state index contributed by atoms with van der Waals surface area (Å²) in [5.41, 5.74) is 0.637. The first kappa shape index (κ1) is 12.4. The Morgan fingerprint density at radius 1 is 1.31 bits per heavy atom. The van der Waals surface area contributed by atoms with Crippen LogP contribution in [0.15, 0.2) is 0 Å². The summed E-state index contributed by atoms with van der Waals surface area (Å²) in [5, 5.41) is 7.23. The standard InChI is InChI=1S/C14H28N2/c1-14(2)10-12(14)11-15-8-5-7-13-6-3-4-9-16-13/h12-13,15-16H,3-11H2,1-2H3. The fraction of sp³-hybridized carbons (Fsp3) is 1.00. The van der Waals surface area contributed by atoms with Crippen LogP contribution in [0.1, 0.15) is 52.4 Å². The molecule has 1 aliphatic carbocycles. The van der Waals surface area contributed by atoms with Gasteiger partial charge in [-0.05, 0) is 63.1 Å². The van der Waals surface area contributed by atoms with E-state index in [0.29, 0.717) is 5.41 Å². The van der Waals surface area contributed by atoms with Gasteiger partial charge in [0, 0.05) is 6.04 Å². The van der Waals surface area contributed by atoms with Crippen molar-refractivity contribution in [2.45, 2.75) is 58.4 Å². The topological polar surface area (TPSA) is 24.1 Å². The molecular formula is C14H28N2. The van der Waals surface area contributed by atoms with Crippen molar-refractivity contribution in [2.75, 3.05) is 19.6 Å². The molecule has 1 heterocycles. The minimum atomic E-state index is 0.637. The highest BCUT2D eigenvalue weighted by molar-refractivity contribution is 4.95. The lowest BCUT2D eigenvalue weighted by molar-refractivity contribution is 0.372. The van der Waals surface area contributed by atoms with Crippen molar-refractivity contribution in [3.05, 3.63) is 0 Å². The molecule has 0 spiro atoms. The number of hydrogen-bond donors (Lipinski definition) is 2. The van der Waals surface area contributed by atoms with E-state index in [0.717, 1.165) is 12.0 Å². The largest absolute Gasteiger partial charge is 0.316 e. The fourth-order valence-electron chi connectivity index (χ4n) is 2.84. The highest BCUT2D eigenvalue weighted by Crippen LogP contribution is 2.50. The minimum absolute atomic E-state index is 0.637. The molecule has 1 aliphatic heterocycles.